The molecule has 1 heterocycles. The van der Waals surface area contributed by atoms with Crippen molar-refractivity contribution in [3.8, 4) is 0 Å². The van der Waals surface area contributed by atoms with Gasteiger partial charge >= 0.3 is 0 Å². The second kappa shape index (κ2) is 7.75. The summed E-state index contributed by atoms with van der Waals surface area (Å²) in [5.41, 5.74) is 2.14. The molecule has 2 atom stereocenters. The zero-order valence-electron chi connectivity index (χ0n) is 18.0. The average molecular weight is 403 g/mol. The van der Waals surface area contributed by atoms with E-state index in [1.807, 2.05) is 53.4 Å². The minimum atomic E-state index is -0.264. The second-order valence-corrected chi connectivity index (χ2v) is 9.94. The Labute approximate surface area is 179 Å². The molecule has 1 N–H and O–H groups in total. The summed E-state index contributed by atoms with van der Waals surface area (Å²) in [4.78, 5) is 28.5. The van der Waals surface area contributed by atoms with Crippen LogP contribution >= 0.6 is 0 Å². The fraction of sp³-hybridized carbons (Fsp3) is 0.385. The predicted octanol–water partition coefficient (Wildman–Crippen LogP) is 4.88. The summed E-state index contributed by atoms with van der Waals surface area (Å²) in [7, 11) is 0. The molecule has 1 aliphatic heterocycles. The maximum atomic E-state index is 13.7. The number of amides is 2. The van der Waals surface area contributed by atoms with Gasteiger partial charge in [0.15, 0.2) is 0 Å². The first-order valence-corrected chi connectivity index (χ1v) is 10.7. The van der Waals surface area contributed by atoms with Crippen LogP contribution in [0.15, 0.2) is 66.4 Å². The van der Waals surface area contributed by atoms with E-state index in [2.05, 4.69) is 26.1 Å². The van der Waals surface area contributed by atoms with Crippen molar-refractivity contribution in [2.45, 2.75) is 46.1 Å². The number of fused-ring (bicyclic) bond motifs is 2. The van der Waals surface area contributed by atoms with Crippen molar-refractivity contribution >= 4 is 17.9 Å². The fourth-order valence-electron chi connectivity index (χ4n) is 5.50. The summed E-state index contributed by atoms with van der Waals surface area (Å²) in [6.07, 6.45) is 4.94. The largest absolute Gasteiger partial charge is 0.334 e. The number of benzene rings is 2. The van der Waals surface area contributed by atoms with Gasteiger partial charge in [0.2, 0.25) is 0 Å². The van der Waals surface area contributed by atoms with E-state index in [1.165, 1.54) is 0 Å². The third-order valence-corrected chi connectivity index (χ3v) is 6.30. The number of nitrogens with one attached hydrogen (secondary N) is 1. The van der Waals surface area contributed by atoms with Crippen molar-refractivity contribution in [2.24, 2.45) is 10.8 Å². The van der Waals surface area contributed by atoms with Crippen LogP contribution in [0, 0.1) is 10.8 Å². The van der Waals surface area contributed by atoms with Gasteiger partial charge in [-0.05, 0) is 53.9 Å². The summed E-state index contributed by atoms with van der Waals surface area (Å²) in [6, 6.07) is 18.9. The van der Waals surface area contributed by atoms with Gasteiger partial charge in [0.1, 0.15) is 5.70 Å². The van der Waals surface area contributed by atoms with Crippen LogP contribution in [-0.2, 0) is 4.79 Å². The Kier molecular flexibility index (Phi) is 5.27. The number of hydrogen-bond acceptors (Lipinski definition) is 2. The number of hydrogen-bond donors (Lipinski definition) is 1. The minimum Gasteiger partial charge on any atom is -0.334 e. The lowest BCUT2D eigenvalue weighted by Gasteiger charge is -2.39. The van der Waals surface area contributed by atoms with Crippen molar-refractivity contribution < 1.29 is 9.59 Å². The number of nitrogens with zero attached hydrogens (tertiary/aromatic N) is 1. The van der Waals surface area contributed by atoms with Gasteiger partial charge in [-0.3, -0.25) is 9.59 Å². The molecule has 2 bridgehead atoms. The molecule has 4 rings (SSSR count). The summed E-state index contributed by atoms with van der Waals surface area (Å²) >= 11 is 0. The standard InChI is InChI=1S/C26H30N2O2/c1-25(2)15-21-16-26(3,17-25)18-28(21)24(30)22(14-19-10-6-4-7-11-19)27-23(29)20-12-8-5-9-13-20/h4-14,21H,15-18H2,1-3H3,(H,27,29)/t21-,26-/m0/s1. The Morgan fingerprint density at radius 2 is 1.60 bits per heavy atom. The molecule has 4 heteroatoms. The zero-order chi connectivity index (χ0) is 21.4. The molecule has 1 saturated heterocycles. The minimum absolute atomic E-state index is 0.0884. The van der Waals surface area contributed by atoms with E-state index < -0.39 is 0 Å². The van der Waals surface area contributed by atoms with Crippen LogP contribution in [0.2, 0.25) is 0 Å². The lowest BCUT2D eigenvalue weighted by molar-refractivity contribution is -0.128. The first-order valence-electron chi connectivity index (χ1n) is 10.7. The number of carbonyl (C=O) groups is 2. The maximum absolute atomic E-state index is 13.7. The zero-order valence-corrected chi connectivity index (χ0v) is 18.0. The summed E-state index contributed by atoms with van der Waals surface area (Å²) in [6.45, 7) is 7.62. The van der Waals surface area contributed by atoms with Gasteiger partial charge in [-0.1, -0.05) is 69.3 Å². The maximum Gasteiger partial charge on any atom is 0.270 e. The molecule has 0 aromatic heterocycles. The quantitative estimate of drug-likeness (QED) is 0.741. The Hall–Kier alpha value is -2.88. The van der Waals surface area contributed by atoms with Crippen molar-refractivity contribution in [3.05, 3.63) is 77.5 Å². The highest BCUT2D eigenvalue weighted by molar-refractivity contribution is 6.05. The van der Waals surface area contributed by atoms with Gasteiger partial charge in [0, 0.05) is 18.2 Å². The molecule has 1 saturated carbocycles. The van der Waals surface area contributed by atoms with Crippen LogP contribution in [0.3, 0.4) is 0 Å². The van der Waals surface area contributed by atoms with Crippen molar-refractivity contribution in [1.29, 1.82) is 0 Å². The molecule has 30 heavy (non-hydrogen) atoms. The molecule has 0 unspecified atom stereocenters. The molecule has 2 aromatic rings. The molecule has 1 aliphatic carbocycles. The highest BCUT2D eigenvalue weighted by Crippen LogP contribution is 2.52. The first-order chi connectivity index (χ1) is 14.2. The van der Waals surface area contributed by atoms with Gasteiger partial charge < -0.3 is 10.2 Å². The first kappa shape index (κ1) is 20.4. The molecule has 0 spiro atoms. The van der Waals surface area contributed by atoms with Crippen molar-refractivity contribution in [2.75, 3.05) is 6.54 Å². The molecule has 4 nitrogen and oxygen atoms in total. The molecule has 2 aliphatic rings. The third kappa shape index (κ3) is 4.33. The van der Waals surface area contributed by atoms with Gasteiger partial charge in [-0.25, -0.2) is 0 Å². The Bertz CT molecular complexity index is 965. The van der Waals surface area contributed by atoms with E-state index in [9.17, 15) is 9.59 Å². The molecule has 2 amide bonds. The molecule has 2 fully saturated rings. The summed E-state index contributed by atoms with van der Waals surface area (Å²) < 4.78 is 0. The number of carbonyl (C=O) groups excluding carboxylic acids is 2. The monoisotopic (exact) mass is 402 g/mol. The van der Waals surface area contributed by atoms with E-state index >= 15 is 0 Å². The highest BCUT2D eigenvalue weighted by atomic mass is 16.2. The topological polar surface area (TPSA) is 49.4 Å². The van der Waals surface area contributed by atoms with E-state index in [-0.39, 0.29) is 28.7 Å². The Morgan fingerprint density at radius 1 is 0.967 bits per heavy atom. The predicted molar refractivity (Wildman–Crippen MR) is 120 cm³/mol. The van der Waals surface area contributed by atoms with E-state index in [1.54, 1.807) is 18.2 Å². The normalized spacial score (nSPS) is 25.1. The molecule has 2 aromatic carbocycles. The number of rotatable bonds is 4. The van der Waals surface area contributed by atoms with Crippen LogP contribution in [0.5, 0.6) is 0 Å². The second-order valence-electron chi connectivity index (χ2n) is 9.94. The van der Waals surface area contributed by atoms with Crippen LogP contribution in [0.1, 0.15) is 56.0 Å². The molecular weight excluding hydrogens is 372 g/mol. The number of likely N-dealkylation sites (tertiary alicyclic amines) is 1. The third-order valence-electron chi connectivity index (χ3n) is 6.30. The van der Waals surface area contributed by atoms with Crippen LogP contribution in [-0.4, -0.2) is 29.3 Å². The van der Waals surface area contributed by atoms with Gasteiger partial charge in [-0.15, -0.1) is 0 Å². The van der Waals surface area contributed by atoms with Crippen molar-refractivity contribution in [3.63, 3.8) is 0 Å². The van der Waals surface area contributed by atoms with Crippen LogP contribution in [0.25, 0.3) is 6.08 Å². The smallest absolute Gasteiger partial charge is 0.270 e. The Balaban J connectivity index is 1.63. The summed E-state index contributed by atoms with van der Waals surface area (Å²) in [5.74, 6) is -0.352. The van der Waals surface area contributed by atoms with Gasteiger partial charge in [-0.2, -0.15) is 0 Å². The Morgan fingerprint density at radius 3 is 2.27 bits per heavy atom. The molecule has 0 radical (unpaired) electrons. The van der Waals surface area contributed by atoms with Crippen LogP contribution < -0.4 is 5.32 Å². The fourth-order valence-corrected chi connectivity index (χ4v) is 5.50. The highest BCUT2D eigenvalue weighted by Gasteiger charge is 2.51. The van der Waals surface area contributed by atoms with Crippen LogP contribution in [0.4, 0.5) is 0 Å². The molecule has 156 valence electrons. The van der Waals surface area contributed by atoms with E-state index in [0.29, 0.717) is 11.3 Å². The van der Waals surface area contributed by atoms with Gasteiger partial charge in [0.25, 0.3) is 11.8 Å². The van der Waals surface area contributed by atoms with E-state index in [4.69, 9.17) is 0 Å². The van der Waals surface area contributed by atoms with E-state index in [0.717, 1.165) is 31.4 Å². The lowest BCUT2D eigenvalue weighted by atomic mass is 9.65. The SMILES string of the molecule is CC1(C)C[C@H]2C[C@](C)(CN2C(=O)C(=Cc2ccccc2)NC(=O)c2ccccc2)C1. The molecular formula is C26H30N2O2. The lowest BCUT2D eigenvalue weighted by Crippen LogP contribution is -2.42. The summed E-state index contributed by atoms with van der Waals surface area (Å²) in [5, 5.41) is 2.90. The van der Waals surface area contributed by atoms with Gasteiger partial charge in [0.05, 0.1) is 0 Å². The average Bonchev–Trinajstić information content (AvgIpc) is 2.97. The van der Waals surface area contributed by atoms with Crippen molar-refractivity contribution in [1.82, 2.24) is 10.2 Å².